The average Bonchev–Trinajstić information content (AvgIpc) is 2.94. The van der Waals surface area contributed by atoms with Gasteiger partial charge in [0.05, 0.1) is 7.11 Å². The summed E-state index contributed by atoms with van der Waals surface area (Å²) in [5.41, 5.74) is 0.984. The lowest BCUT2D eigenvalue weighted by molar-refractivity contribution is 0.102. The monoisotopic (exact) mass is 272 g/mol. The highest BCUT2D eigenvalue weighted by atomic mass is 16.7. The van der Waals surface area contributed by atoms with Gasteiger partial charge in [0.15, 0.2) is 11.5 Å². The molecule has 1 aliphatic rings. The minimum absolute atomic E-state index is 0.198. The van der Waals surface area contributed by atoms with Gasteiger partial charge in [-0.15, -0.1) is 0 Å². The largest absolute Gasteiger partial charge is 0.480 e. The highest BCUT2D eigenvalue weighted by Gasteiger charge is 2.16. The Bertz CT molecular complexity index is 657. The van der Waals surface area contributed by atoms with Crippen molar-refractivity contribution in [1.29, 1.82) is 0 Å². The molecule has 0 spiro atoms. The number of ether oxygens (including phenoxy) is 3. The van der Waals surface area contributed by atoms with Gasteiger partial charge in [0.25, 0.3) is 5.91 Å². The third-order valence-electron chi connectivity index (χ3n) is 2.84. The van der Waals surface area contributed by atoms with E-state index in [1.54, 1.807) is 36.5 Å². The molecule has 0 atom stereocenters. The molecule has 0 bridgehead atoms. The number of fused-ring (bicyclic) bond motifs is 1. The Labute approximate surface area is 115 Å². The fraction of sp³-hybridized carbons (Fsp3) is 0.143. The minimum atomic E-state index is -0.297. The van der Waals surface area contributed by atoms with Crippen molar-refractivity contribution >= 4 is 11.6 Å². The fourth-order valence-electron chi connectivity index (χ4n) is 1.90. The Balaban J connectivity index is 1.82. The molecule has 1 aliphatic heterocycles. The molecule has 0 saturated carbocycles. The van der Waals surface area contributed by atoms with Crippen LogP contribution in [-0.2, 0) is 0 Å². The number of rotatable bonds is 3. The summed E-state index contributed by atoms with van der Waals surface area (Å²) in [4.78, 5) is 16.2. The number of carbonyl (C=O) groups is 1. The standard InChI is InChI=1S/C14H12N2O4/c1-18-14-10(3-2-6-15-14)13(17)16-9-4-5-11-12(7-9)20-8-19-11/h2-7H,8H2,1H3,(H,16,17). The second kappa shape index (κ2) is 5.08. The van der Waals surface area contributed by atoms with Crippen molar-refractivity contribution in [2.75, 3.05) is 19.2 Å². The zero-order valence-electron chi connectivity index (χ0n) is 10.8. The van der Waals surface area contributed by atoms with Crippen LogP contribution in [0.25, 0.3) is 0 Å². The normalized spacial score (nSPS) is 12.1. The van der Waals surface area contributed by atoms with Crippen molar-refractivity contribution in [3.8, 4) is 17.4 Å². The number of benzene rings is 1. The van der Waals surface area contributed by atoms with E-state index >= 15 is 0 Å². The average molecular weight is 272 g/mol. The van der Waals surface area contributed by atoms with Crippen LogP contribution < -0.4 is 19.5 Å². The maximum absolute atomic E-state index is 12.2. The van der Waals surface area contributed by atoms with Gasteiger partial charge in [-0.25, -0.2) is 4.98 Å². The lowest BCUT2D eigenvalue weighted by atomic mass is 10.2. The SMILES string of the molecule is COc1ncccc1C(=O)Nc1ccc2c(c1)OCO2. The topological polar surface area (TPSA) is 69.7 Å². The summed E-state index contributed by atoms with van der Waals surface area (Å²) in [5.74, 6) is 1.27. The summed E-state index contributed by atoms with van der Waals surface area (Å²) >= 11 is 0. The summed E-state index contributed by atoms with van der Waals surface area (Å²) in [6.07, 6.45) is 1.57. The summed E-state index contributed by atoms with van der Waals surface area (Å²) in [7, 11) is 1.47. The second-order valence-corrected chi connectivity index (χ2v) is 4.08. The molecule has 0 fully saturated rings. The van der Waals surface area contributed by atoms with Gasteiger partial charge < -0.3 is 19.5 Å². The van der Waals surface area contributed by atoms with E-state index in [-0.39, 0.29) is 18.6 Å². The van der Waals surface area contributed by atoms with Crippen LogP contribution in [0, 0.1) is 0 Å². The van der Waals surface area contributed by atoms with Crippen LogP contribution in [0.1, 0.15) is 10.4 Å². The van der Waals surface area contributed by atoms with Crippen molar-refractivity contribution in [3.05, 3.63) is 42.1 Å². The zero-order chi connectivity index (χ0) is 13.9. The summed E-state index contributed by atoms with van der Waals surface area (Å²) in [5, 5.41) is 2.77. The number of methoxy groups -OCH3 is 1. The van der Waals surface area contributed by atoms with Crippen molar-refractivity contribution in [1.82, 2.24) is 4.98 Å². The van der Waals surface area contributed by atoms with Crippen LogP contribution >= 0.6 is 0 Å². The number of anilines is 1. The molecule has 1 aromatic heterocycles. The lowest BCUT2D eigenvalue weighted by Gasteiger charge is -2.08. The first-order valence-electron chi connectivity index (χ1n) is 5.98. The lowest BCUT2D eigenvalue weighted by Crippen LogP contribution is -2.13. The van der Waals surface area contributed by atoms with Gasteiger partial charge in [0, 0.05) is 18.0 Å². The third-order valence-corrected chi connectivity index (χ3v) is 2.84. The molecule has 6 nitrogen and oxygen atoms in total. The number of pyridine rings is 1. The Morgan fingerprint density at radius 2 is 2.15 bits per heavy atom. The zero-order valence-corrected chi connectivity index (χ0v) is 10.8. The molecular weight excluding hydrogens is 260 g/mol. The van der Waals surface area contributed by atoms with Gasteiger partial charge in [-0.2, -0.15) is 0 Å². The summed E-state index contributed by atoms with van der Waals surface area (Å²) in [6, 6.07) is 8.53. The molecule has 1 aromatic carbocycles. The molecule has 1 amide bonds. The van der Waals surface area contributed by atoms with Crippen molar-refractivity contribution in [2.24, 2.45) is 0 Å². The van der Waals surface area contributed by atoms with Crippen molar-refractivity contribution in [2.45, 2.75) is 0 Å². The van der Waals surface area contributed by atoms with Crippen LogP contribution in [0.15, 0.2) is 36.5 Å². The van der Waals surface area contributed by atoms with E-state index in [1.807, 2.05) is 0 Å². The molecule has 102 valence electrons. The molecule has 2 aromatic rings. The van der Waals surface area contributed by atoms with Gasteiger partial charge >= 0.3 is 0 Å². The number of amides is 1. The summed E-state index contributed by atoms with van der Waals surface area (Å²) in [6.45, 7) is 0.198. The van der Waals surface area contributed by atoms with Crippen LogP contribution in [0.5, 0.6) is 17.4 Å². The molecule has 3 rings (SSSR count). The number of nitrogens with zero attached hydrogens (tertiary/aromatic N) is 1. The van der Waals surface area contributed by atoms with Crippen LogP contribution in [0.4, 0.5) is 5.69 Å². The first kappa shape index (κ1) is 12.3. The van der Waals surface area contributed by atoms with E-state index in [9.17, 15) is 4.79 Å². The predicted molar refractivity (Wildman–Crippen MR) is 71.3 cm³/mol. The molecule has 0 aliphatic carbocycles. The highest BCUT2D eigenvalue weighted by molar-refractivity contribution is 6.05. The first-order valence-corrected chi connectivity index (χ1v) is 5.98. The molecular formula is C14H12N2O4. The van der Waals surface area contributed by atoms with Crippen LogP contribution in [-0.4, -0.2) is 24.8 Å². The molecule has 0 unspecified atom stereocenters. The Morgan fingerprint density at radius 3 is 3.00 bits per heavy atom. The second-order valence-electron chi connectivity index (χ2n) is 4.08. The summed E-state index contributed by atoms with van der Waals surface area (Å²) < 4.78 is 15.5. The van der Waals surface area contributed by atoms with Crippen molar-refractivity contribution < 1.29 is 19.0 Å². The molecule has 6 heteroatoms. The number of carbonyl (C=O) groups excluding carboxylic acids is 1. The van der Waals surface area contributed by atoms with Crippen LogP contribution in [0.2, 0.25) is 0 Å². The molecule has 0 radical (unpaired) electrons. The number of hydrogen-bond acceptors (Lipinski definition) is 5. The number of aromatic nitrogens is 1. The maximum Gasteiger partial charge on any atom is 0.261 e. The number of hydrogen-bond donors (Lipinski definition) is 1. The molecule has 20 heavy (non-hydrogen) atoms. The quantitative estimate of drug-likeness (QED) is 0.926. The smallest absolute Gasteiger partial charge is 0.261 e. The van der Waals surface area contributed by atoms with Gasteiger partial charge in [-0.1, -0.05) is 0 Å². The van der Waals surface area contributed by atoms with E-state index in [0.29, 0.717) is 22.7 Å². The first-order chi connectivity index (χ1) is 9.78. The third kappa shape index (κ3) is 2.23. The van der Waals surface area contributed by atoms with Gasteiger partial charge in [0.2, 0.25) is 12.7 Å². The fourth-order valence-corrected chi connectivity index (χ4v) is 1.90. The van der Waals surface area contributed by atoms with E-state index in [2.05, 4.69) is 10.3 Å². The highest BCUT2D eigenvalue weighted by Crippen LogP contribution is 2.34. The Hall–Kier alpha value is -2.76. The van der Waals surface area contributed by atoms with E-state index in [1.165, 1.54) is 7.11 Å². The minimum Gasteiger partial charge on any atom is -0.480 e. The van der Waals surface area contributed by atoms with Gasteiger partial charge in [-0.05, 0) is 24.3 Å². The van der Waals surface area contributed by atoms with E-state index < -0.39 is 0 Å². The van der Waals surface area contributed by atoms with E-state index in [0.717, 1.165) is 0 Å². The van der Waals surface area contributed by atoms with Crippen molar-refractivity contribution in [3.63, 3.8) is 0 Å². The Kier molecular flexibility index (Phi) is 3.12. The Morgan fingerprint density at radius 1 is 1.30 bits per heavy atom. The maximum atomic E-state index is 12.2. The molecule has 1 N–H and O–H groups in total. The number of nitrogens with one attached hydrogen (secondary N) is 1. The molecule has 0 saturated heterocycles. The van der Waals surface area contributed by atoms with Gasteiger partial charge in [-0.3, -0.25) is 4.79 Å². The molecule has 2 heterocycles. The van der Waals surface area contributed by atoms with Crippen LogP contribution in [0.3, 0.4) is 0 Å². The van der Waals surface area contributed by atoms with E-state index in [4.69, 9.17) is 14.2 Å². The predicted octanol–water partition coefficient (Wildman–Crippen LogP) is 2.07. The van der Waals surface area contributed by atoms with Gasteiger partial charge in [0.1, 0.15) is 5.56 Å².